The van der Waals surface area contributed by atoms with Gasteiger partial charge < -0.3 is 138 Å². The number of hydrogen-bond donors (Lipinski definition) is 14. The maximum absolute atomic E-state index is 13.9. The Morgan fingerprint density at radius 3 is 1.48 bits per heavy atom. The molecule has 3 aromatic rings. The lowest BCUT2D eigenvalue weighted by Gasteiger charge is -2.40. The van der Waals surface area contributed by atoms with Crippen LogP contribution in [0.2, 0.25) is 0 Å². The number of hydrogen-bond acceptors (Lipinski definition) is 29. The molecule has 3 aromatic carbocycles. The topological polar surface area (TPSA) is 463 Å². The van der Waals surface area contributed by atoms with Gasteiger partial charge in [0.1, 0.15) is 85.3 Å². The second kappa shape index (κ2) is 26.8. The zero-order valence-electron chi connectivity index (χ0n) is 45.1. The molecule has 15 atom stereocenters. The number of carbonyl (C=O) groups excluding carboxylic acids is 2. The van der Waals surface area contributed by atoms with Crippen LogP contribution in [0.15, 0.2) is 76.0 Å². The van der Waals surface area contributed by atoms with Gasteiger partial charge in [0, 0.05) is 23.8 Å². The van der Waals surface area contributed by atoms with Crippen LogP contribution in [0, 0.1) is 0 Å². The van der Waals surface area contributed by atoms with Gasteiger partial charge in [0.2, 0.25) is 42.7 Å². The molecule has 5 aliphatic rings. The van der Waals surface area contributed by atoms with Crippen LogP contribution >= 0.6 is 0 Å². The molecule has 460 valence electrons. The molecule has 1 aliphatic carbocycles. The molecule has 4 aliphatic heterocycles. The Morgan fingerprint density at radius 2 is 0.976 bits per heavy atom. The normalized spacial score (nSPS) is 27.8. The summed E-state index contributed by atoms with van der Waals surface area (Å²) in [6.07, 6.45) is -23.5. The number of aliphatic hydroxyl groups excluding tert-OH is 10. The molecule has 0 amide bonds. The molecule has 4 heterocycles. The first-order valence-electron chi connectivity index (χ1n) is 25.5. The van der Waals surface area contributed by atoms with Gasteiger partial charge in [0.25, 0.3) is 0 Å². The second-order valence-electron chi connectivity index (χ2n) is 19.2. The van der Waals surface area contributed by atoms with Crippen molar-refractivity contribution in [2.75, 3.05) is 48.3 Å². The van der Waals surface area contributed by atoms with Crippen molar-refractivity contribution in [3.8, 4) is 85.9 Å². The first-order valence-corrected chi connectivity index (χ1v) is 25.5. The number of fused-ring (bicyclic) bond motifs is 1. The van der Waals surface area contributed by atoms with Gasteiger partial charge in [-0.15, -0.1) is 0 Å². The van der Waals surface area contributed by atoms with Gasteiger partial charge in [-0.3, -0.25) is 4.79 Å². The van der Waals surface area contributed by atoms with E-state index in [1.807, 2.05) is 0 Å². The number of ether oxygens (including phenoxy) is 12. The van der Waals surface area contributed by atoms with E-state index in [2.05, 4.69) is 0 Å². The summed E-state index contributed by atoms with van der Waals surface area (Å²) in [5, 5.41) is 150. The maximum Gasteiger partial charge on any atom is 0.510 e. The van der Waals surface area contributed by atoms with Crippen LogP contribution in [0.25, 0.3) is 34.8 Å². The van der Waals surface area contributed by atoms with Crippen LogP contribution in [0.4, 0.5) is 0 Å². The zero-order chi connectivity index (χ0) is 61.7. The Hall–Kier alpha value is -8.21. The number of aliphatic hydroxyl groups is 10. The quantitative estimate of drug-likeness (QED) is 0.0179. The summed E-state index contributed by atoms with van der Waals surface area (Å²) >= 11 is 0. The Morgan fingerprint density at radius 1 is 0.518 bits per heavy atom. The molecule has 0 aromatic heterocycles. The van der Waals surface area contributed by atoms with E-state index in [-0.39, 0.29) is 51.4 Å². The summed E-state index contributed by atoms with van der Waals surface area (Å²) in [5.74, 6) is -6.68. The van der Waals surface area contributed by atoms with E-state index in [0.717, 1.165) is 42.5 Å². The van der Waals surface area contributed by atoms with Crippen LogP contribution in [-0.4, -0.2) is 229 Å². The minimum atomic E-state index is -2.10. The average Bonchev–Trinajstić information content (AvgIpc) is 1.91. The van der Waals surface area contributed by atoms with E-state index in [4.69, 9.17) is 61.3 Å². The highest BCUT2D eigenvalue weighted by Crippen LogP contribution is 2.46. The monoisotopic (exact) mass is 1200 g/mol. The van der Waals surface area contributed by atoms with E-state index in [9.17, 15) is 85.9 Å². The number of benzene rings is 4. The average molecular weight is 1200 g/mol. The highest BCUT2D eigenvalue weighted by Gasteiger charge is 2.49. The third kappa shape index (κ3) is 13.7. The predicted molar refractivity (Wildman–Crippen MR) is 284 cm³/mol. The molecular weight excluding hydrogens is 1140 g/mol. The molecule has 0 unspecified atom stereocenters. The number of rotatable bonds is 20. The second-order valence-corrected chi connectivity index (χ2v) is 19.2. The standard InChI is InChI=1S/C55H60O30/c1-73-29-9-21(10-30(74-2)41(29)62)5-7-38(59)77-19-36-44(65)47(68)49(70)53(84-36)79-24-15-26(57)25-17-34(82-55-50(71)46(67)43(64)35(18-56)83-55)52(80-28(25)16-24)23-13-27(58)40(61)33(14-23)81-54-51(72)48(69)45(66)37(85-54)20-78-39(60)8-6-22-11-31(75-3)42(63)32(12-22)76-4/h5-17,35-37,43-51,53-56,58,61-72H,18-20H2,1-4H3/p+1/t35-,36+,37-,43-,44-,45-,46+,47+,48+,49+,50-,51-,53-,54-,55-/m1/s1. The lowest BCUT2D eigenvalue weighted by molar-refractivity contribution is -0.278. The van der Waals surface area contributed by atoms with Crippen molar-refractivity contribution in [3.05, 3.63) is 88.1 Å². The van der Waals surface area contributed by atoms with Crippen LogP contribution in [0.3, 0.4) is 0 Å². The van der Waals surface area contributed by atoms with Crippen LogP contribution in [0.1, 0.15) is 11.1 Å². The summed E-state index contributed by atoms with van der Waals surface area (Å²) < 4.78 is 71.7. The molecule has 3 fully saturated rings. The van der Waals surface area contributed by atoms with E-state index < -0.39 is 164 Å². The lowest BCUT2D eigenvalue weighted by atomic mass is 9.99. The Balaban J connectivity index is 1.06. The van der Waals surface area contributed by atoms with Crippen molar-refractivity contribution in [2.45, 2.75) is 92.1 Å². The van der Waals surface area contributed by atoms with Gasteiger partial charge in [-0.05, 0) is 65.7 Å². The molecule has 0 saturated carbocycles. The SMILES string of the molecule is COc1cc(C=CC(=O)OC[C@H]2O[C@@H](Oc3cc(-c4oc5cc(O[C@@H]6O[C@@H](COC(=[OH+])C=Cc7cc(OC)c(O)c(OC)c7)[C@@H](O)[C@H](O)[C@@H]6O)cc(=O)c-5cc4O[C@@H]4O[C@H](CO)[C@@H](O)[C@H](O)[C@H]4O)cc(O)c3O)[C@H](O)[C@@H](O)[C@@H]2O)cc(OC)c1O. The summed E-state index contributed by atoms with van der Waals surface area (Å²) in [4.78, 5) is 37.3. The van der Waals surface area contributed by atoms with Crippen LogP contribution < -0.4 is 38.6 Å². The largest absolute Gasteiger partial charge is 0.510 e. The van der Waals surface area contributed by atoms with E-state index in [1.54, 1.807) is 0 Å². The number of methoxy groups -OCH3 is 4. The Labute approximate surface area is 479 Å². The molecule has 3 saturated heterocycles. The Bertz CT molecular complexity index is 3220. The van der Waals surface area contributed by atoms with Crippen molar-refractivity contribution in [2.24, 2.45) is 0 Å². The molecule has 15 N–H and O–H groups in total. The third-order valence-corrected chi connectivity index (χ3v) is 13.6. The highest BCUT2D eigenvalue weighted by atomic mass is 16.7. The van der Waals surface area contributed by atoms with Crippen molar-refractivity contribution in [1.29, 1.82) is 0 Å². The number of carbonyl (C=O) groups is 1. The number of aromatic hydroxyl groups is 4. The zero-order valence-corrected chi connectivity index (χ0v) is 45.1. The van der Waals surface area contributed by atoms with Gasteiger partial charge in [0.05, 0.1) is 46.7 Å². The van der Waals surface area contributed by atoms with Crippen molar-refractivity contribution < 1.29 is 142 Å². The van der Waals surface area contributed by atoms with E-state index in [0.29, 0.717) is 11.1 Å². The molecule has 0 bridgehead atoms. The minimum Gasteiger partial charge on any atom is -0.504 e. The van der Waals surface area contributed by atoms with Crippen molar-refractivity contribution in [3.63, 3.8) is 0 Å². The molecular formula is C55H61O30+. The third-order valence-electron chi connectivity index (χ3n) is 13.6. The first-order chi connectivity index (χ1) is 40.5. The fraction of sp³-hybridized carbons (Fsp3) is 0.400. The summed E-state index contributed by atoms with van der Waals surface area (Å²) in [6, 6.07) is 10.4. The Kier molecular flexibility index (Phi) is 19.8. The van der Waals surface area contributed by atoms with Crippen molar-refractivity contribution in [1.82, 2.24) is 0 Å². The number of phenolic OH excluding ortho intramolecular Hbond substituents is 4. The van der Waals surface area contributed by atoms with Crippen LogP contribution in [0.5, 0.6) is 63.2 Å². The van der Waals surface area contributed by atoms with E-state index >= 15 is 0 Å². The predicted octanol–water partition coefficient (Wildman–Crippen LogP) is -1.69. The number of phenols is 4. The number of esters is 2. The minimum absolute atomic E-state index is 0.0285. The van der Waals surface area contributed by atoms with Crippen molar-refractivity contribution >= 4 is 24.1 Å². The van der Waals surface area contributed by atoms with Gasteiger partial charge in [0.15, 0.2) is 57.5 Å². The molecule has 0 radical (unpaired) electrons. The fourth-order valence-corrected chi connectivity index (χ4v) is 8.96. The fourth-order valence-electron chi connectivity index (χ4n) is 8.96. The smallest absolute Gasteiger partial charge is 0.504 e. The van der Waals surface area contributed by atoms with E-state index in [1.165, 1.54) is 64.9 Å². The summed E-state index contributed by atoms with van der Waals surface area (Å²) in [5.41, 5.74) is -0.834. The molecule has 0 spiro atoms. The summed E-state index contributed by atoms with van der Waals surface area (Å²) in [6.45, 7) is -2.31. The van der Waals surface area contributed by atoms with Gasteiger partial charge in [-0.2, -0.15) is 0 Å². The molecule has 30 nitrogen and oxygen atoms in total. The lowest BCUT2D eigenvalue weighted by Crippen LogP contribution is -2.60. The molecule has 30 heteroatoms. The molecule has 8 rings (SSSR count). The molecule has 85 heavy (non-hydrogen) atoms. The maximum atomic E-state index is 13.9. The van der Waals surface area contributed by atoms with Gasteiger partial charge in [-0.1, -0.05) is 0 Å². The summed E-state index contributed by atoms with van der Waals surface area (Å²) in [7, 11) is 5.22. The van der Waals surface area contributed by atoms with Gasteiger partial charge in [-0.25, -0.2) is 4.79 Å². The van der Waals surface area contributed by atoms with Gasteiger partial charge >= 0.3 is 11.9 Å². The first kappa shape index (κ1) is 62.8. The highest BCUT2D eigenvalue weighted by molar-refractivity contribution is 5.88. The van der Waals surface area contributed by atoms with Crippen LogP contribution in [-0.2, 0) is 28.5 Å².